The summed E-state index contributed by atoms with van der Waals surface area (Å²) in [6.45, 7) is 8.34. The van der Waals surface area contributed by atoms with E-state index in [4.69, 9.17) is 9.15 Å². The molecule has 0 bridgehead atoms. The molecular weight excluding hydrogens is 232 g/mol. The van der Waals surface area contributed by atoms with Crippen molar-refractivity contribution < 1.29 is 19.1 Å². The first kappa shape index (κ1) is 14.8. The van der Waals surface area contributed by atoms with Crippen LogP contribution in [-0.4, -0.2) is 17.7 Å². The van der Waals surface area contributed by atoms with E-state index in [1.165, 1.54) is 0 Å². The van der Waals surface area contributed by atoms with Crippen molar-refractivity contribution in [1.82, 2.24) is 0 Å². The van der Waals surface area contributed by atoms with Crippen molar-refractivity contribution in [1.29, 1.82) is 0 Å². The zero-order valence-corrected chi connectivity index (χ0v) is 11.5. The highest BCUT2D eigenvalue weighted by Gasteiger charge is 2.25. The van der Waals surface area contributed by atoms with Crippen molar-refractivity contribution in [2.75, 3.05) is 6.61 Å². The Morgan fingerprint density at radius 1 is 1.44 bits per heavy atom. The fourth-order valence-electron chi connectivity index (χ4n) is 1.42. The fraction of sp³-hybridized carbons (Fsp3) is 0.643. The van der Waals surface area contributed by atoms with Gasteiger partial charge in [0, 0.05) is 5.41 Å². The van der Waals surface area contributed by atoms with E-state index < -0.39 is 12.1 Å². The van der Waals surface area contributed by atoms with E-state index in [1.807, 2.05) is 27.7 Å². The van der Waals surface area contributed by atoms with Gasteiger partial charge >= 0.3 is 5.97 Å². The fourth-order valence-corrected chi connectivity index (χ4v) is 1.42. The second-order valence-electron chi connectivity index (χ2n) is 5.38. The van der Waals surface area contributed by atoms with Crippen LogP contribution in [0.3, 0.4) is 0 Å². The highest BCUT2D eigenvalue weighted by molar-refractivity contribution is 5.75. The van der Waals surface area contributed by atoms with Gasteiger partial charge in [-0.15, -0.1) is 0 Å². The lowest BCUT2D eigenvalue weighted by Crippen LogP contribution is -2.16. The van der Waals surface area contributed by atoms with E-state index >= 15 is 0 Å². The molecule has 0 radical (unpaired) electrons. The van der Waals surface area contributed by atoms with Gasteiger partial charge in [-0.1, -0.05) is 34.1 Å². The number of carbonyl (C=O) groups excluding carboxylic acids is 1. The molecule has 0 amide bonds. The van der Waals surface area contributed by atoms with Crippen LogP contribution in [0.4, 0.5) is 0 Å². The molecule has 1 aromatic heterocycles. The summed E-state index contributed by atoms with van der Waals surface area (Å²) in [5.74, 6) is 0.317. The summed E-state index contributed by atoms with van der Waals surface area (Å²) in [7, 11) is 0. The van der Waals surface area contributed by atoms with Gasteiger partial charge in [-0.25, -0.2) is 4.79 Å². The molecule has 0 aliphatic rings. The summed E-state index contributed by atoms with van der Waals surface area (Å²) >= 11 is 0. The minimum absolute atomic E-state index is 0.149. The summed E-state index contributed by atoms with van der Waals surface area (Å²) in [6, 6.07) is 3.39. The Kier molecular flexibility index (Phi) is 4.96. The Balaban J connectivity index is 2.64. The lowest BCUT2D eigenvalue weighted by atomic mass is 9.94. The number of hydrogen-bond donors (Lipinski definition) is 1. The maximum Gasteiger partial charge on any atom is 0.342 e. The molecule has 0 aliphatic heterocycles. The minimum atomic E-state index is -1.34. The van der Waals surface area contributed by atoms with Crippen molar-refractivity contribution in [3.8, 4) is 0 Å². The average Bonchev–Trinajstić information content (AvgIpc) is 2.77. The minimum Gasteiger partial charge on any atom is -0.463 e. The number of hydrogen-bond acceptors (Lipinski definition) is 4. The summed E-state index contributed by atoms with van der Waals surface area (Å²) in [5, 5.41) is 9.80. The van der Waals surface area contributed by atoms with Gasteiger partial charge in [-0.3, -0.25) is 0 Å². The van der Waals surface area contributed by atoms with Crippen molar-refractivity contribution in [3.63, 3.8) is 0 Å². The molecule has 18 heavy (non-hydrogen) atoms. The topological polar surface area (TPSA) is 59.7 Å². The SMILES string of the molecule is CCCCOC(=O)[C@H](O)c1ccc(C(C)(C)C)o1. The molecule has 4 nitrogen and oxygen atoms in total. The summed E-state index contributed by atoms with van der Waals surface area (Å²) < 4.78 is 10.4. The van der Waals surface area contributed by atoms with Crippen LogP contribution < -0.4 is 0 Å². The Morgan fingerprint density at radius 3 is 2.61 bits per heavy atom. The second kappa shape index (κ2) is 6.05. The number of unbranched alkanes of at least 4 members (excludes halogenated alkanes) is 1. The Hall–Kier alpha value is -1.29. The Bertz CT molecular complexity index is 387. The number of furan rings is 1. The normalized spacial score (nSPS) is 13.4. The third-order valence-corrected chi connectivity index (χ3v) is 2.60. The number of carbonyl (C=O) groups is 1. The van der Waals surface area contributed by atoms with E-state index in [9.17, 15) is 9.90 Å². The van der Waals surface area contributed by atoms with Crippen LogP contribution in [0.25, 0.3) is 0 Å². The second-order valence-corrected chi connectivity index (χ2v) is 5.38. The first-order valence-electron chi connectivity index (χ1n) is 6.31. The van der Waals surface area contributed by atoms with Crippen molar-refractivity contribution in [2.24, 2.45) is 0 Å². The van der Waals surface area contributed by atoms with E-state index in [0.717, 1.165) is 18.6 Å². The van der Waals surface area contributed by atoms with E-state index in [1.54, 1.807) is 12.1 Å². The molecule has 0 unspecified atom stereocenters. The van der Waals surface area contributed by atoms with Crippen LogP contribution >= 0.6 is 0 Å². The lowest BCUT2D eigenvalue weighted by Gasteiger charge is -2.14. The average molecular weight is 254 g/mol. The summed E-state index contributed by atoms with van der Waals surface area (Å²) in [5.41, 5.74) is -0.149. The molecule has 0 aromatic carbocycles. The molecule has 0 saturated carbocycles. The van der Waals surface area contributed by atoms with Gasteiger partial charge in [-0.2, -0.15) is 0 Å². The van der Waals surface area contributed by atoms with Gasteiger partial charge < -0.3 is 14.3 Å². The van der Waals surface area contributed by atoms with E-state index in [-0.39, 0.29) is 11.2 Å². The van der Waals surface area contributed by atoms with E-state index in [2.05, 4.69) is 0 Å². The van der Waals surface area contributed by atoms with Gasteiger partial charge in [0.05, 0.1) is 6.61 Å². The molecule has 0 fully saturated rings. The smallest absolute Gasteiger partial charge is 0.342 e. The largest absolute Gasteiger partial charge is 0.463 e. The van der Waals surface area contributed by atoms with Crippen LogP contribution in [0.1, 0.15) is 58.2 Å². The number of aliphatic hydroxyl groups is 1. The predicted molar refractivity (Wildman–Crippen MR) is 68.2 cm³/mol. The molecule has 102 valence electrons. The molecule has 0 aliphatic carbocycles. The third-order valence-electron chi connectivity index (χ3n) is 2.60. The van der Waals surface area contributed by atoms with Gasteiger partial charge in [-0.05, 0) is 18.6 Å². The van der Waals surface area contributed by atoms with Crippen LogP contribution in [0.15, 0.2) is 16.5 Å². The molecule has 1 atom stereocenters. The van der Waals surface area contributed by atoms with Gasteiger partial charge in [0.2, 0.25) is 6.10 Å². The quantitative estimate of drug-likeness (QED) is 0.648. The van der Waals surface area contributed by atoms with Crippen LogP contribution in [0, 0.1) is 0 Å². The molecule has 4 heteroatoms. The molecule has 1 rings (SSSR count). The first-order valence-corrected chi connectivity index (χ1v) is 6.31. The van der Waals surface area contributed by atoms with Gasteiger partial charge in [0.15, 0.2) is 0 Å². The number of ether oxygens (including phenoxy) is 1. The number of esters is 1. The predicted octanol–water partition coefficient (Wildman–Crippen LogP) is 2.95. The molecule has 0 spiro atoms. The third kappa shape index (κ3) is 3.88. The van der Waals surface area contributed by atoms with Gasteiger partial charge in [0.1, 0.15) is 11.5 Å². The number of rotatable bonds is 5. The molecular formula is C14H22O4. The Morgan fingerprint density at radius 2 is 2.11 bits per heavy atom. The maximum absolute atomic E-state index is 11.5. The monoisotopic (exact) mass is 254 g/mol. The molecule has 1 heterocycles. The van der Waals surface area contributed by atoms with Crippen LogP contribution in [0.5, 0.6) is 0 Å². The first-order chi connectivity index (χ1) is 8.36. The Labute approximate surface area is 108 Å². The van der Waals surface area contributed by atoms with E-state index in [0.29, 0.717) is 6.61 Å². The maximum atomic E-state index is 11.5. The van der Waals surface area contributed by atoms with Crippen LogP contribution in [-0.2, 0) is 14.9 Å². The molecule has 0 saturated heterocycles. The van der Waals surface area contributed by atoms with Crippen molar-refractivity contribution in [3.05, 3.63) is 23.7 Å². The zero-order valence-electron chi connectivity index (χ0n) is 11.5. The summed E-state index contributed by atoms with van der Waals surface area (Å²) in [6.07, 6.45) is 0.403. The standard InChI is InChI=1S/C14H22O4/c1-5-6-9-17-13(16)12(15)10-7-8-11(18-10)14(2,3)4/h7-8,12,15H,5-6,9H2,1-4H3/t12-/m1/s1. The summed E-state index contributed by atoms with van der Waals surface area (Å²) in [4.78, 5) is 11.5. The molecule has 1 aromatic rings. The highest BCUT2D eigenvalue weighted by atomic mass is 16.5. The van der Waals surface area contributed by atoms with Crippen molar-refractivity contribution >= 4 is 5.97 Å². The zero-order chi connectivity index (χ0) is 13.8. The number of aliphatic hydroxyl groups excluding tert-OH is 1. The van der Waals surface area contributed by atoms with Crippen molar-refractivity contribution in [2.45, 2.75) is 52.1 Å². The highest BCUT2D eigenvalue weighted by Crippen LogP contribution is 2.27. The van der Waals surface area contributed by atoms with Gasteiger partial charge in [0.25, 0.3) is 0 Å². The molecule has 1 N–H and O–H groups in total. The van der Waals surface area contributed by atoms with Crippen LogP contribution in [0.2, 0.25) is 0 Å². The lowest BCUT2D eigenvalue weighted by molar-refractivity contribution is -0.155.